The summed E-state index contributed by atoms with van der Waals surface area (Å²) in [6.07, 6.45) is 2.80. The van der Waals surface area contributed by atoms with Crippen molar-refractivity contribution in [3.8, 4) is 0 Å². The van der Waals surface area contributed by atoms with E-state index in [0.29, 0.717) is 18.9 Å². The fourth-order valence-corrected chi connectivity index (χ4v) is 1.67. The Kier molecular flexibility index (Phi) is 9.00. The van der Waals surface area contributed by atoms with Crippen LogP contribution in [0.5, 0.6) is 0 Å². The maximum Gasteiger partial charge on any atom is 0.315 e. The number of amides is 2. The Labute approximate surface area is 116 Å². The highest BCUT2D eigenvalue weighted by molar-refractivity contribution is 5.74. The van der Waals surface area contributed by atoms with Crippen LogP contribution in [0.3, 0.4) is 0 Å². The van der Waals surface area contributed by atoms with Crippen molar-refractivity contribution in [1.29, 1.82) is 0 Å². The highest BCUT2D eigenvalue weighted by Gasteiger charge is 2.10. The van der Waals surface area contributed by atoms with Crippen LogP contribution in [0.25, 0.3) is 0 Å². The normalized spacial score (nSPS) is 13.9. The summed E-state index contributed by atoms with van der Waals surface area (Å²) in [5.74, 6) is 0.0229. The lowest BCUT2D eigenvalue weighted by Gasteiger charge is -2.17. The molecule has 0 rings (SSSR count). The summed E-state index contributed by atoms with van der Waals surface area (Å²) in [6, 6.07) is -0.00448. The zero-order valence-corrected chi connectivity index (χ0v) is 12.5. The molecular formula is C14H28N2O3. The third kappa shape index (κ3) is 11.6. The van der Waals surface area contributed by atoms with Crippen LogP contribution >= 0.6 is 0 Å². The number of hydrogen-bond acceptors (Lipinski definition) is 2. The fourth-order valence-electron chi connectivity index (χ4n) is 1.67. The van der Waals surface area contributed by atoms with Gasteiger partial charge in [0.2, 0.25) is 0 Å². The number of carbonyl (C=O) groups is 2. The molecule has 5 nitrogen and oxygen atoms in total. The minimum absolute atomic E-state index is 0.148. The molecule has 2 unspecified atom stereocenters. The molecule has 0 aromatic heterocycles. The molecule has 0 bridgehead atoms. The molecule has 0 aliphatic rings. The lowest BCUT2D eigenvalue weighted by molar-refractivity contribution is -0.137. The summed E-state index contributed by atoms with van der Waals surface area (Å²) in [6.45, 7) is 8.77. The highest BCUT2D eigenvalue weighted by atomic mass is 16.4. The number of nitrogens with one attached hydrogen (secondary N) is 2. The van der Waals surface area contributed by atoms with E-state index >= 15 is 0 Å². The van der Waals surface area contributed by atoms with Crippen LogP contribution in [0.15, 0.2) is 0 Å². The highest BCUT2D eigenvalue weighted by Crippen LogP contribution is 2.06. The number of carboxylic acids is 1. The molecule has 0 aliphatic heterocycles. The second-order valence-electron chi connectivity index (χ2n) is 5.76. The Balaban J connectivity index is 3.70. The van der Waals surface area contributed by atoms with Crippen molar-refractivity contribution >= 4 is 12.0 Å². The Morgan fingerprint density at radius 1 is 1.05 bits per heavy atom. The van der Waals surface area contributed by atoms with Crippen molar-refractivity contribution in [1.82, 2.24) is 10.6 Å². The van der Waals surface area contributed by atoms with E-state index in [4.69, 9.17) is 5.11 Å². The van der Waals surface area contributed by atoms with Crippen molar-refractivity contribution in [3.05, 3.63) is 0 Å². The van der Waals surface area contributed by atoms with E-state index in [-0.39, 0.29) is 24.4 Å². The van der Waals surface area contributed by atoms with Gasteiger partial charge in [-0.15, -0.1) is 0 Å². The van der Waals surface area contributed by atoms with Gasteiger partial charge in [0.15, 0.2) is 0 Å². The van der Waals surface area contributed by atoms with Crippen LogP contribution < -0.4 is 10.6 Å². The van der Waals surface area contributed by atoms with E-state index in [9.17, 15) is 9.59 Å². The molecule has 0 saturated heterocycles. The molecule has 2 atom stereocenters. The molecule has 0 heterocycles. The van der Waals surface area contributed by atoms with Gasteiger partial charge in [0, 0.05) is 19.0 Å². The molecule has 0 fully saturated rings. The van der Waals surface area contributed by atoms with E-state index in [1.54, 1.807) is 0 Å². The summed E-state index contributed by atoms with van der Waals surface area (Å²) in [5, 5.41) is 14.2. The Hall–Kier alpha value is -1.26. The van der Waals surface area contributed by atoms with Crippen LogP contribution in [0.4, 0.5) is 4.79 Å². The second kappa shape index (κ2) is 9.64. The van der Waals surface area contributed by atoms with Gasteiger partial charge in [-0.3, -0.25) is 4.79 Å². The lowest BCUT2D eigenvalue weighted by atomic mass is 10.0. The van der Waals surface area contributed by atoms with Crippen LogP contribution in [0.1, 0.15) is 53.4 Å². The van der Waals surface area contributed by atoms with Gasteiger partial charge < -0.3 is 15.7 Å². The predicted molar refractivity (Wildman–Crippen MR) is 76.1 cm³/mol. The van der Waals surface area contributed by atoms with Gasteiger partial charge in [-0.05, 0) is 38.0 Å². The Morgan fingerprint density at radius 2 is 1.68 bits per heavy atom. The third-order valence-corrected chi connectivity index (χ3v) is 3.02. The summed E-state index contributed by atoms with van der Waals surface area (Å²) in [5.41, 5.74) is 0. The van der Waals surface area contributed by atoms with Gasteiger partial charge in [0.25, 0.3) is 0 Å². The first-order chi connectivity index (χ1) is 8.81. The van der Waals surface area contributed by atoms with Crippen LogP contribution in [-0.4, -0.2) is 29.7 Å². The van der Waals surface area contributed by atoms with Gasteiger partial charge in [-0.1, -0.05) is 20.8 Å². The zero-order valence-electron chi connectivity index (χ0n) is 12.5. The first-order valence-corrected chi connectivity index (χ1v) is 7.07. The molecule has 0 radical (unpaired) electrons. The number of hydrogen-bond donors (Lipinski definition) is 3. The number of urea groups is 1. The number of aliphatic carboxylic acids is 1. The minimum atomic E-state index is -0.793. The predicted octanol–water partition coefficient (Wildman–Crippen LogP) is 2.61. The molecule has 112 valence electrons. The first kappa shape index (κ1) is 17.7. The average Bonchev–Trinajstić information content (AvgIpc) is 2.31. The molecule has 0 aromatic rings. The Bertz CT molecular complexity index is 280. The smallest absolute Gasteiger partial charge is 0.315 e. The standard InChI is InChI=1S/C14H28N2O3/c1-10(2)5-7-12(4)16-14(19)15-9-11(3)6-8-13(17)18/h10-12H,5-9H2,1-4H3,(H,17,18)(H2,15,16,19). The molecule has 2 amide bonds. The van der Waals surface area contributed by atoms with E-state index in [2.05, 4.69) is 24.5 Å². The molecule has 0 spiro atoms. The van der Waals surface area contributed by atoms with Gasteiger partial charge in [0.05, 0.1) is 0 Å². The summed E-state index contributed by atoms with van der Waals surface area (Å²) in [4.78, 5) is 22.0. The van der Waals surface area contributed by atoms with E-state index < -0.39 is 5.97 Å². The van der Waals surface area contributed by atoms with Crippen molar-refractivity contribution in [2.75, 3.05) is 6.54 Å². The second-order valence-corrected chi connectivity index (χ2v) is 5.76. The molecule has 0 aliphatic carbocycles. The van der Waals surface area contributed by atoms with Gasteiger partial charge in [-0.25, -0.2) is 4.79 Å². The van der Waals surface area contributed by atoms with Crippen LogP contribution in [0, 0.1) is 11.8 Å². The van der Waals surface area contributed by atoms with Gasteiger partial charge in [0.1, 0.15) is 0 Å². The zero-order chi connectivity index (χ0) is 14.8. The van der Waals surface area contributed by atoms with E-state index in [0.717, 1.165) is 12.8 Å². The number of carbonyl (C=O) groups excluding carboxylic acids is 1. The number of carboxylic acid groups (broad SMARTS) is 1. The fraction of sp³-hybridized carbons (Fsp3) is 0.857. The van der Waals surface area contributed by atoms with Gasteiger partial charge >= 0.3 is 12.0 Å². The Morgan fingerprint density at radius 3 is 2.21 bits per heavy atom. The maximum absolute atomic E-state index is 11.6. The van der Waals surface area contributed by atoms with E-state index in [1.165, 1.54) is 0 Å². The lowest BCUT2D eigenvalue weighted by Crippen LogP contribution is -2.42. The topological polar surface area (TPSA) is 78.4 Å². The van der Waals surface area contributed by atoms with Crippen LogP contribution in [0.2, 0.25) is 0 Å². The summed E-state index contributed by atoms with van der Waals surface area (Å²) < 4.78 is 0. The average molecular weight is 272 g/mol. The monoisotopic (exact) mass is 272 g/mol. The van der Waals surface area contributed by atoms with Crippen molar-refractivity contribution in [2.45, 2.75) is 59.4 Å². The summed E-state index contributed by atoms with van der Waals surface area (Å²) >= 11 is 0. The van der Waals surface area contributed by atoms with E-state index in [1.807, 2.05) is 13.8 Å². The molecule has 19 heavy (non-hydrogen) atoms. The summed E-state index contributed by atoms with van der Waals surface area (Å²) in [7, 11) is 0. The minimum Gasteiger partial charge on any atom is -0.481 e. The van der Waals surface area contributed by atoms with Crippen molar-refractivity contribution in [2.24, 2.45) is 11.8 Å². The maximum atomic E-state index is 11.6. The van der Waals surface area contributed by atoms with Crippen LogP contribution in [-0.2, 0) is 4.79 Å². The molecular weight excluding hydrogens is 244 g/mol. The largest absolute Gasteiger partial charge is 0.481 e. The molecule has 0 aromatic carbocycles. The SMILES string of the molecule is CC(C)CCC(C)NC(=O)NCC(C)CCC(=O)O. The van der Waals surface area contributed by atoms with Gasteiger partial charge in [-0.2, -0.15) is 0 Å². The molecule has 5 heteroatoms. The molecule has 3 N–H and O–H groups in total. The molecule has 0 saturated carbocycles. The van der Waals surface area contributed by atoms with Crippen molar-refractivity contribution in [3.63, 3.8) is 0 Å². The van der Waals surface area contributed by atoms with Crippen molar-refractivity contribution < 1.29 is 14.7 Å². The number of rotatable bonds is 9. The first-order valence-electron chi connectivity index (χ1n) is 7.07. The quantitative estimate of drug-likeness (QED) is 0.603. The third-order valence-electron chi connectivity index (χ3n) is 3.02.